The number of carbonyl (C=O) groups is 2. The molecule has 1 aromatic carbocycles. The van der Waals surface area contributed by atoms with E-state index in [1.807, 2.05) is 4.90 Å². The number of likely N-dealkylation sites (tertiary alicyclic amines) is 2. The maximum absolute atomic E-state index is 13.2. The molecule has 9 heteroatoms. The number of rotatable bonds is 3. The van der Waals surface area contributed by atoms with E-state index < -0.39 is 12.1 Å². The Morgan fingerprint density at radius 1 is 1.30 bits per heavy atom. The van der Waals surface area contributed by atoms with Gasteiger partial charge in [-0.05, 0) is 25.3 Å². The third kappa shape index (κ3) is 4.46. The molecule has 3 aliphatic heterocycles. The van der Waals surface area contributed by atoms with Gasteiger partial charge in [-0.2, -0.15) is 13.2 Å². The summed E-state index contributed by atoms with van der Waals surface area (Å²) in [7, 11) is 0. The number of carboxylic acid groups (broad SMARTS) is 1. The van der Waals surface area contributed by atoms with Crippen molar-refractivity contribution in [3.8, 4) is 0 Å². The van der Waals surface area contributed by atoms with Gasteiger partial charge in [0.15, 0.2) is 0 Å². The smallest absolute Gasteiger partial charge is 0.475 e. The van der Waals surface area contributed by atoms with Crippen LogP contribution in [-0.2, 0) is 14.3 Å². The molecule has 1 N–H and O–H groups in total. The number of alkyl halides is 3. The molecule has 0 bridgehead atoms. The summed E-state index contributed by atoms with van der Waals surface area (Å²) >= 11 is 0. The van der Waals surface area contributed by atoms with Crippen molar-refractivity contribution in [1.29, 1.82) is 0 Å². The van der Waals surface area contributed by atoms with Crippen LogP contribution in [0, 0.1) is 5.41 Å². The van der Waals surface area contributed by atoms with Gasteiger partial charge in [-0.3, -0.25) is 9.69 Å². The molecule has 1 aromatic rings. The number of hydrogen-bond donors (Lipinski definition) is 1. The Balaban J connectivity index is 0.000000318. The molecule has 0 radical (unpaired) electrons. The molecular formula is C21H27F3N2O4. The minimum Gasteiger partial charge on any atom is -0.475 e. The predicted molar refractivity (Wildman–Crippen MR) is 103 cm³/mol. The predicted octanol–water partition coefficient (Wildman–Crippen LogP) is 2.75. The average molecular weight is 428 g/mol. The highest BCUT2D eigenvalue weighted by molar-refractivity contribution is 5.87. The molecule has 1 unspecified atom stereocenters. The minimum atomic E-state index is -5.08. The summed E-state index contributed by atoms with van der Waals surface area (Å²) in [6.07, 6.45) is -2.99. The van der Waals surface area contributed by atoms with Crippen LogP contribution in [0.2, 0.25) is 0 Å². The number of halogens is 3. The van der Waals surface area contributed by atoms with E-state index in [4.69, 9.17) is 14.6 Å². The molecule has 4 rings (SSSR count). The van der Waals surface area contributed by atoms with Gasteiger partial charge >= 0.3 is 12.1 Å². The van der Waals surface area contributed by atoms with Crippen LogP contribution in [-0.4, -0.2) is 78.4 Å². The van der Waals surface area contributed by atoms with Crippen molar-refractivity contribution in [2.24, 2.45) is 5.41 Å². The Hall–Kier alpha value is -2.13. The van der Waals surface area contributed by atoms with Gasteiger partial charge < -0.3 is 14.7 Å². The molecule has 1 spiro atoms. The first-order valence-electron chi connectivity index (χ1n) is 10.1. The van der Waals surface area contributed by atoms with Gasteiger partial charge in [-0.25, -0.2) is 4.79 Å². The molecule has 0 aliphatic carbocycles. The monoisotopic (exact) mass is 428 g/mol. The van der Waals surface area contributed by atoms with Gasteiger partial charge in [0.2, 0.25) is 5.91 Å². The quantitative estimate of drug-likeness (QED) is 0.802. The Kier molecular flexibility index (Phi) is 6.71. The van der Waals surface area contributed by atoms with Gasteiger partial charge in [-0.15, -0.1) is 0 Å². The van der Waals surface area contributed by atoms with E-state index in [9.17, 15) is 18.0 Å². The average Bonchev–Trinajstić information content (AvgIpc) is 3.43. The first-order chi connectivity index (χ1) is 14.2. The van der Waals surface area contributed by atoms with Crippen molar-refractivity contribution >= 4 is 11.9 Å². The van der Waals surface area contributed by atoms with E-state index in [1.165, 1.54) is 5.56 Å². The van der Waals surface area contributed by atoms with Gasteiger partial charge in [-0.1, -0.05) is 30.3 Å². The van der Waals surface area contributed by atoms with E-state index in [0.717, 1.165) is 52.2 Å². The number of nitrogens with zero attached hydrogens (tertiary/aromatic N) is 2. The van der Waals surface area contributed by atoms with Crippen LogP contribution >= 0.6 is 0 Å². The lowest BCUT2D eigenvalue weighted by atomic mass is 9.73. The first kappa shape index (κ1) is 22.6. The minimum absolute atomic E-state index is 0.222. The van der Waals surface area contributed by atoms with Crippen LogP contribution < -0.4 is 0 Å². The van der Waals surface area contributed by atoms with Crippen LogP contribution in [0.4, 0.5) is 13.2 Å². The van der Waals surface area contributed by atoms with E-state index >= 15 is 0 Å². The molecule has 1 amide bonds. The highest BCUT2D eigenvalue weighted by Crippen LogP contribution is 2.50. The number of amides is 1. The number of benzene rings is 1. The number of aliphatic carboxylic acids is 1. The molecular weight excluding hydrogens is 401 g/mol. The summed E-state index contributed by atoms with van der Waals surface area (Å²) in [5, 5.41) is 7.12. The third-order valence-corrected chi connectivity index (χ3v) is 6.36. The first-order valence-corrected chi connectivity index (χ1v) is 10.1. The van der Waals surface area contributed by atoms with Gasteiger partial charge in [0.05, 0.1) is 12.0 Å². The lowest BCUT2D eigenvalue weighted by Crippen LogP contribution is -2.41. The van der Waals surface area contributed by atoms with Crippen molar-refractivity contribution in [1.82, 2.24) is 9.80 Å². The molecule has 0 aromatic heterocycles. The Labute approximate surface area is 173 Å². The van der Waals surface area contributed by atoms with Crippen molar-refractivity contribution < 1.29 is 32.6 Å². The summed E-state index contributed by atoms with van der Waals surface area (Å²) in [4.78, 5) is 26.6. The second-order valence-electron chi connectivity index (χ2n) is 8.00. The standard InChI is InChI=1S/C19H26N2O2.C2HF3O2/c1-2-20-10-9-19(18(20)22)14-21(16-8-11-23-13-16)12-17(19)15-6-4-3-5-7-15;3-2(4,5)1(6)7/h3-7,16-17H,2,8-14H2,1H3;(H,6,7)/t16?,17-,19+;/m0./s1. The van der Waals surface area contributed by atoms with Crippen LogP contribution in [0.15, 0.2) is 30.3 Å². The van der Waals surface area contributed by atoms with Crippen molar-refractivity contribution in [3.05, 3.63) is 35.9 Å². The molecule has 0 saturated carbocycles. The number of hydrogen-bond acceptors (Lipinski definition) is 4. The summed E-state index contributed by atoms with van der Waals surface area (Å²) in [5.74, 6) is -2.07. The fourth-order valence-electron chi connectivity index (χ4n) is 4.77. The Morgan fingerprint density at radius 3 is 2.47 bits per heavy atom. The molecule has 3 heterocycles. The molecule has 3 aliphatic rings. The van der Waals surface area contributed by atoms with Crippen LogP contribution in [0.1, 0.15) is 31.2 Å². The maximum atomic E-state index is 13.2. The lowest BCUT2D eigenvalue weighted by molar-refractivity contribution is -0.192. The van der Waals surface area contributed by atoms with Crippen LogP contribution in [0.5, 0.6) is 0 Å². The number of carboxylic acids is 1. The van der Waals surface area contributed by atoms with Crippen LogP contribution in [0.3, 0.4) is 0 Å². The van der Waals surface area contributed by atoms with E-state index in [1.54, 1.807) is 0 Å². The summed E-state index contributed by atoms with van der Waals surface area (Å²) in [5.41, 5.74) is 1.10. The molecule has 6 nitrogen and oxygen atoms in total. The molecule has 166 valence electrons. The molecule has 3 saturated heterocycles. The third-order valence-electron chi connectivity index (χ3n) is 6.36. The zero-order valence-electron chi connectivity index (χ0n) is 16.9. The largest absolute Gasteiger partial charge is 0.490 e. The van der Waals surface area contributed by atoms with E-state index in [-0.39, 0.29) is 5.41 Å². The van der Waals surface area contributed by atoms with Crippen molar-refractivity contribution in [2.45, 2.75) is 37.9 Å². The maximum Gasteiger partial charge on any atom is 0.490 e. The summed E-state index contributed by atoms with van der Waals surface area (Å²) in [6.45, 7) is 7.40. The van der Waals surface area contributed by atoms with E-state index in [0.29, 0.717) is 17.9 Å². The Morgan fingerprint density at radius 2 is 1.97 bits per heavy atom. The normalized spacial score (nSPS) is 29.3. The van der Waals surface area contributed by atoms with E-state index in [2.05, 4.69) is 42.2 Å². The molecule has 3 fully saturated rings. The number of ether oxygens (including phenoxy) is 1. The molecule has 30 heavy (non-hydrogen) atoms. The van der Waals surface area contributed by atoms with Crippen LogP contribution in [0.25, 0.3) is 0 Å². The summed E-state index contributed by atoms with van der Waals surface area (Å²) < 4.78 is 37.3. The highest BCUT2D eigenvalue weighted by atomic mass is 19.4. The highest BCUT2D eigenvalue weighted by Gasteiger charge is 2.57. The second-order valence-corrected chi connectivity index (χ2v) is 8.00. The fourth-order valence-corrected chi connectivity index (χ4v) is 4.77. The lowest BCUT2D eigenvalue weighted by Gasteiger charge is -2.29. The zero-order valence-corrected chi connectivity index (χ0v) is 16.9. The zero-order chi connectivity index (χ0) is 21.9. The SMILES string of the molecule is CCN1CC[C@]2(CN(C3CCOC3)C[C@H]2c2ccccc2)C1=O.O=C(O)C(F)(F)F. The molecule has 3 atom stereocenters. The van der Waals surface area contributed by atoms with Gasteiger partial charge in [0, 0.05) is 44.7 Å². The Bertz CT molecular complexity index is 752. The fraction of sp³-hybridized carbons (Fsp3) is 0.619. The van der Waals surface area contributed by atoms with Gasteiger partial charge in [0.25, 0.3) is 0 Å². The van der Waals surface area contributed by atoms with Crippen molar-refractivity contribution in [2.75, 3.05) is 39.4 Å². The second kappa shape index (κ2) is 8.93. The number of carbonyl (C=O) groups excluding carboxylic acids is 1. The van der Waals surface area contributed by atoms with Gasteiger partial charge in [0.1, 0.15) is 0 Å². The van der Waals surface area contributed by atoms with Crippen molar-refractivity contribution in [3.63, 3.8) is 0 Å². The summed E-state index contributed by atoms with van der Waals surface area (Å²) in [6, 6.07) is 11.1. The topological polar surface area (TPSA) is 70.1 Å².